The van der Waals surface area contributed by atoms with Crippen LogP contribution in [0.25, 0.3) is 0 Å². The van der Waals surface area contributed by atoms with Crippen LogP contribution in [0.1, 0.15) is 70.3 Å². The quantitative estimate of drug-likeness (QED) is 0.334. The number of ether oxygens (including phenoxy) is 1. The Morgan fingerprint density at radius 1 is 0.900 bits per heavy atom. The number of aryl methyl sites for hydroxylation is 1. The molecule has 1 aromatic rings. The Morgan fingerprint density at radius 3 is 2.25 bits per heavy atom. The molecule has 0 bridgehead atoms. The second-order valence-corrected chi connectivity index (χ2v) is 5.52. The van der Waals surface area contributed by atoms with Crippen LogP contribution in [0.2, 0.25) is 0 Å². The Bertz CT molecular complexity index is 368. The Kier molecular flexibility index (Phi) is 9.73. The van der Waals surface area contributed by atoms with Crippen LogP contribution in [0.5, 0.6) is 5.75 Å². The number of hydrogen-bond acceptors (Lipinski definition) is 1. The highest BCUT2D eigenvalue weighted by Crippen LogP contribution is 2.16. The van der Waals surface area contributed by atoms with Gasteiger partial charge in [-0.3, -0.25) is 0 Å². The van der Waals surface area contributed by atoms with Gasteiger partial charge < -0.3 is 4.74 Å². The first-order chi connectivity index (χ1) is 9.84. The van der Waals surface area contributed by atoms with Crippen LogP contribution in [0.4, 0.5) is 0 Å². The lowest BCUT2D eigenvalue weighted by molar-refractivity contribution is 0.474. The van der Waals surface area contributed by atoms with Crippen molar-refractivity contribution in [1.82, 2.24) is 0 Å². The van der Waals surface area contributed by atoms with Gasteiger partial charge in [0.15, 0.2) is 0 Å². The first kappa shape index (κ1) is 16.8. The highest BCUT2D eigenvalue weighted by molar-refractivity contribution is 5.32. The van der Waals surface area contributed by atoms with Crippen LogP contribution in [-0.4, -0.2) is 0 Å². The van der Waals surface area contributed by atoms with Crippen molar-refractivity contribution in [2.24, 2.45) is 0 Å². The van der Waals surface area contributed by atoms with Crippen molar-refractivity contribution < 1.29 is 4.74 Å². The Hall–Kier alpha value is -1.24. The normalized spacial score (nSPS) is 11.1. The predicted molar refractivity (Wildman–Crippen MR) is 88.2 cm³/mol. The van der Waals surface area contributed by atoms with E-state index in [0.717, 1.165) is 12.2 Å². The maximum Gasteiger partial charge on any atom is 0.129 e. The number of hydrogen-bond donors (Lipinski definition) is 0. The third kappa shape index (κ3) is 8.04. The van der Waals surface area contributed by atoms with E-state index in [1.54, 1.807) is 0 Å². The molecule has 0 heterocycles. The molecule has 0 unspecified atom stereocenters. The van der Waals surface area contributed by atoms with Gasteiger partial charge in [0.1, 0.15) is 5.75 Å². The van der Waals surface area contributed by atoms with Gasteiger partial charge in [0.2, 0.25) is 0 Å². The molecule has 1 rings (SSSR count). The SMILES string of the molecule is CCCCCCCCCCC=COc1ccccc1C. The number of allylic oxidation sites excluding steroid dienone is 1. The smallest absolute Gasteiger partial charge is 0.129 e. The van der Waals surface area contributed by atoms with E-state index in [2.05, 4.69) is 26.0 Å². The fourth-order valence-electron chi connectivity index (χ4n) is 2.27. The molecule has 0 amide bonds. The lowest BCUT2D eigenvalue weighted by atomic mass is 10.1. The van der Waals surface area contributed by atoms with E-state index in [-0.39, 0.29) is 0 Å². The summed E-state index contributed by atoms with van der Waals surface area (Å²) >= 11 is 0. The second kappa shape index (κ2) is 11.6. The van der Waals surface area contributed by atoms with Crippen LogP contribution in [0.15, 0.2) is 36.6 Å². The van der Waals surface area contributed by atoms with Crippen molar-refractivity contribution in [3.05, 3.63) is 42.2 Å². The molecule has 1 aromatic carbocycles. The van der Waals surface area contributed by atoms with E-state index in [1.165, 1.54) is 56.9 Å². The highest BCUT2D eigenvalue weighted by atomic mass is 16.5. The van der Waals surface area contributed by atoms with Crippen LogP contribution >= 0.6 is 0 Å². The molecule has 0 spiro atoms. The van der Waals surface area contributed by atoms with Crippen molar-refractivity contribution in [2.45, 2.75) is 71.6 Å². The van der Waals surface area contributed by atoms with Gasteiger partial charge in [0.25, 0.3) is 0 Å². The lowest BCUT2D eigenvalue weighted by Crippen LogP contribution is -1.85. The van der Waals surface area contributed by atoms with Crippen LogP contribution < -0.4 is 4.74 Å². The van der Waals surface area contributed by atoms with Crippen LogP contribution in [0.3, 0.4) is 0 Å². The molecular weight excluding hydrogens is 244 g/mol. The van der Waals surface area contributed by atoms with E-state index in [1.807, 2.05) is 24.5 Å². The molecule has 0 atom stereocenters. The van der Waals surface area contributed by atoms with Gasteiger partial charge in [-0.15, -0.1) is 0 Å². The van der Waals surface area contributed by atoms with E-state index in [4.69, 9.17) is 4.74 Å². The zero-order valence-corrected chi connectivity index (χ0v) is 13.2. The summed E-state index contributed by atoms with van der Waals surface area (Å²) in [7, 11) is 0. The standard InChI is InChI=1S/C19H30O/c1-3-4-5-6-7-8-9-10-11-14-17-20-19-16-13-12-15-18(19)2/h12-17H,3-11H2,1-2H3. The predicted octanol–water partition coefficient (Wildman–Crippen LogP) is 6.42. The summed E-state index contributed by atoms with van der Waals surface area (Å²) in [5.74, 6) is 0.958. The van der Waals surface area contributed by atoms with Gasteiger partial charge in [0, 0.05) is 0 Å². The summed E-state index contributed by atoms with van der Waals surface area (Å²) in [6.45, 7) is 4.34. The summed E-state index contributed by atoms with van der Waals surface area (Å²) in [6.07, 6.45) is 16.1. The molecule has 1 heteroatoms. The highest BCUT2D eigenvalue weighted by Gasteiger charge is 1.94. The van der Waals surface area contributed by atoms with Crippen molar-refractivity contribution in [1.29, 1.82) is 0 Å². The summed E-state index contributed by atoms with van der Waals surface area (Å²) in [5, 5.41) is 0. The third-order valence-corrected chi connectivity index (χ3v) is 3.61. The molecule has 112 valence electrons. The van der Waals surface area contributed by atoms with Gasteiger partial charge in [-0.1, -0.05) is 70.1 Å². The maximum atomic E-state index is 5.63. The molecule has 0 N–H and O–H groups in total. The fourth-order valence-corrected chi connectivity index (χ4v) is 2.27. The first-order valence-electron chi connectivity index (χ1n) is 8.22. The molecule has 20 heavy (non-hydrogen) atoms. The molecular formula is C19H30O. The average molecular weight is 274 g/mol. The largest absolute Gasteiger partial charge is 0.465 e. The average Bonchev–Trinajstić information content (AvgIpc) is 2.46. The third-order valence-electron chi connectivity index (χ3n) is 3.61. The Morgan fingerprint density at radius 2 is 1.55 bits per heavy atom. The minimum absolute atomic E-state index is 0.958. The molecule has 1 nitrogen and oxygen atoms in total. The van der Waals surface area contributed by atoms with Crippen molar-refractivity contribution in [3.63, 3.8) is 0 Å². The van der Waals surface area contributed by atoms with Crippen molar-refractivity contribution >= 4 is 0 Å². The van der Waals surface area contributed by atoms with Gasteiger partial charge in [-0.25, -0.2) is 0 Å². The lowest BCUT2D eigenvalue weighted by Gasteiger charge is -2.03. The molecule has 0 radical (unpaired) electrons. The molecule has 0 aliphatic heterocycles. The van der Waals surface area contributed by atoms with Crippen molar-refractivity contribution in [2.75, 3.05) is 0 Å². The molecule has 0 saturated heterocycles. The molecule has 0 aromatic heterocycles. The monoisotopic (exact) mass is 274 g/mol. The van der Waals surface area contributed by atoms with Crippen molar-refractivity contribution in [3.8, 4) is 5.75 Å². The molecule has 0 saturated carbocycles. The van der Waals surface area contributed by atoms with E-state index < -0.39 is 0 Å². The number of benzene rings is 1. The van der Waals surface area contributed by atoms with Gasteiger partial charge in [-0.05, 0) is 37.5 Å². The number of para-hydroxylation sites is 1. The van der Waals surface area contributed by atoms with Crippen LogP contribution in [-0.2, 0) is 0 Å². The maximum absolute atomic E-state index is 5.63. The molecule has 0 fully saturated rings. The van der Waals surface area contributed by atoms with E-state index >= 15 is 0 Å². The number of rotatable bonds is 11. The number of unbranched alkanes of at least 4 members (excludes halogenated alkanes) is 8. The van der Waals surface area contributed by atoms with Crippen LogP contribution in [0, 0.1) is 6.92 Å². The molecule has 0 aliphatic rings. The van der Waals surface area contributed by atoms with E-state index in [9.17, 15) is 0 Å². The summed E-state index contributed by atoms with van der Waals surface area (Å²) in [6, 6.07) is 8.12. The topological polar surface area (TPSA) is 9.23 Å². The molecule has 0 aliphatic carbocycles. The van der Waals surface area contributed by atoms with E-state index in [0.29, 0.717) is 0 Å². The van der Waals surface area contributed by atoms with Gasteiger partial charge in [0.05, 0.1) is 6.26 Å². The Labute approximate surface area is 125 Å². The summed E-state index contributed by atoms with van der Waals surface area (Å²) < 4.78 is 5.63. The minimum atomic E-state index is 0.958. The van der Waals surface area contributed by atoms with Gasteiger partial charge >= 0.3 is 0 Å². The summed E-state index contributed by atoms with van der Waals surface area (Å²) in [4.78, 5) is 0. The first-order valence-corrected chi connectivity index (χ1v) is 8.22. The zero-order valence-electron chi connectivity index (χ0n) is 13.2. The zero-order chi connectivity index (χ0) is 14.5. The van der Waals surface area contributed by atoms with Gasteiger partial charge in [-0.2, -0.15) is 0 Å². The Balaban J connectivity index is 1.96. The second-order valence-electron chi connectivity index (χ2n) is 5.52. The minimum Gasteiger partial charge on any atom is -0.465 e. The fraction of sp³-hybridized carbons (Fsp3) is 0.579. The summed E-state index contributed by atoms with van der Waals surface area (Å²) in [5.41, 5.74) is 1.18.